The molecule has 98 valence electrons. The maximum Gasteiger partial charge on any atom is 0.233 e. The average Bonchev–Trinajstić information content (AvgIpc) is 2.40. The van der Waals surface area contributed by atoms with E-state index in [1.807, 2.05) is 12.1 Å². The van der Waals surface area contributed by atoms with E-state index in [1.165, 1.54) is 0 Å². The van der Waals surface area contributed by atoms with Crippen LogP contribution in [0.3, 0.4) is 0 Å². The van der Waals surface area contributed by atoms with E-state index in [4.69, 9.17) is 15.9 Å². The normalized spacial score (nSPS) is 17.6. The fraction of sp³-hybridized carbons (Fsp3) is 0.583. The standard InChI is InChI=1S/C12H19N5O/c1-18-11-3-2-10(15-16-11)8-17-6-4-9(5-7-17)12(13)14/h2-3,9H,4-8H2,1H3,(H3,13,14). The molecule has 0 atom stereocenters. The molecule has 0 aromatic carbocycles. The number of rotatable bonds is 4. The lowest BCUT2D eigenvalue weighted by atomic mass is 9.96. The molecule has 0 unspecified atom stereocenters. The first-order chi connectivity index (χ1) is 8.69. The number of nitrogens with two attached hydrogens (primary N) is 1. The summed E-state index contributed by atoms with van der Waals surface area (Å²) in [7, 11) is 1.58. The molecule has 0 amide bonds. The smallest absolute Gasteiger partial charge is 0.233 e. The number of nitrogens with zero attached hydrogens (tertiary/aromatic N) is 3. The van der Waals surface area contributed by atoms with Crippen molar-refractivity contribution in [2.75, 3.05) is 20.2 Å². The summed E-state index contributed by atoms with van der Waals surface area (Å²) in [6.07, 6.45) is 1.91. The van der Waals surface area contributed by atoms with E-state index in [-0.39, 0.29) is 5.92 Å². The number of methoxy groups -OCH3 is 1. The first-order valence-electron chi connectivity index (χ1n) is 6.12. The van der Waals surface area contributed by atoms with Crippen LogP contribution < -0.4 is 10.5 Å². The molecule has 1 aromatic rings. The van der Waals surface area contributed by atoms with Crippen LogP contribution in [0.2, 0.25) is 0 Å². The van der Waals surface area contributed by atoms with Gasteiger partial charge >= 0.3 is 0 Å². The number of hydrogen-bond donors (Lipinski definition) is 2. The molecule has 3 N–H and O–H groups in total. The van der Waals surface area contributed by atoms with Crippen molar-refractivity contribution < 1.29 is 4.74 Å². The van der Waals surface area contributed by atoms with Gasteiger partial charge in [0.25, 0.3) is 0 Å². The Kier molecular flexibility index (Phi) is 4.09. The minimum absolute atomic E-state index is 0.253. The zero-order valence-electron chi connectivity index (χ0n) is 10.6. The van der Waals surface area contributed by atoms with E-state index in [0.29, 0.717) is 11.7 Å². The largest absolute Gasteiger partial charge is 0.480 e. The zero-order chi connectivity index (χ0) is 13.0. The summed E-state index contributed by atoms with van der Waals surface area (Å²) >= 11 is 0. The Labute approximate surface area is 107 Å². The summed E-state index contributed by atoms with van der Waals surface area (Å²) < 4.78 is 4.97. The highest BCUT2D eigenvalue weighted by Crippen LogP contribution is 2.18. The number of likely N-dealkylation sites (tertiary alicyclic amines) is 1. The molecule has 1 fully saturated rings. The molecular weight excluding hydrogens is 230 g/mol. The highest BCUT2D eigenvalue weighted by molar-refractivity contribution is 5.79. The van der Waals surface area contributed by atoms with Gasteiger partial charge in [-0.05, 0) is 32.0 Å². The zero-order valence-corrected chi connectivity index (χ0v) is 10.6. The minimum atomic E-state index is 0.253. The molecule has 0 spiro atoms. The van der Waals surface area contributed by atoms with Crippen LogP contribution in [0.25, 0.3) is 0 Å². The number of piperidine rings is 1. The van der Waals surface area contributed by atoms with Crippen molar-refractivity contribution in [3.63, 3.8) is 0 Å². The minimum Gasteiger partial charge on any atom is -0.480 e. The van der Waals surface area contributed by atoms with Crippen molar-refractivity contribution in [3.8, 4) is 5.88 Å². The molecule has 0 radical (unpaired) electrons. The molecule has 1 aromatic heterocycles. The van der Waals surface area contributed by atoms with E-state index in [2.05, 4.69) is 15.1 Å². The Morgan fingerprint density at radius 3 is 2.67 bits per heavy atom. The second-order valence-electron chi connectivity index (χ2n) is 4.57. The van der Waals surface area contributed by atoms with E-state index < -0.39 is 0 Å². The quantitative estimate of drug-likeness (QED) is 0.603. The van der Waals surface area contributed by atoms with Crippen LogP contribution >= 0.6 is 0 Å². The van der Waals surface area contributed by atoms with Crippen LogP contribution in [0.4, 0.5) is 0 Å². The van der Waals surface area contributed by atoms with Gasteiger partial charge in [-0.2, -0.15) is 5.10 Å². The first kappa shape index (κ1) is 12.8. The summed E-state index contributed by atoms with van der Waals surface area (Å²) in [4.78, 5) is 2.32. The van der Waals surface area contributed by atoms with Crippen molar-refractivity contribution in [1.29, 1.82) is 5.41 Å². The topological polar surface area (TPSA) is 88.1 Å². The van der Waals surface area contributed by atoms with Crippen molar-refractivity contribution in [1.82, 2.24) is 15.1 Å². The summed E-state index contributed by atoms with van der Waals surface area (Å²) in [6, 6.07) is 3.76. The van der Waals surface area contributed by atoms with Gasteiger partial charge in [0.1, 0.15) is 0 Å². The first-order valence-corrected chi connectivity index (χ1v) is 6.12. The van der Waals surface area contributed by atoms with Gasteiger partial charge in [0, 0.05) is 18.5 Å². The molecule has 6 heteroatoms. The monoisotopic (exact) mass is 249 g/mol. The molecule has 1 aliphatic heterocycles. The Balaban J connectivity index is 1.85. The van der Waals surface area contributed by atoms with E-state index >= 15 is 0 Å². The van der Waals surface area contributed by atoms with Crippen LogP contribution in [0.5, 0.6) is 5.88 Å². The van der Waals surface area contributed by atoms with Crippen LogP contribution in [0, 0.1) is 11.3 Å². The number of amidine groups is 1. The highest BCUT2D eigenvalue weighted by atomic mass is 16.5. The number of nitrogens with one attached hydrogen (secondary N) is 1. The lowest BCUT2D eigenvalue weighted by Gasteiger charge is -2.30. The molecule has 2 rings (SSSR count). The van der Waals surface area contributed by atoms with Crippen molar-refractivity contribution in [3.05, 3.63) is 17.8 Å². The molecule has 1 saturated heterocycles. The average molecular weight is 249 g/mol. The third kappa shape index (κ3) is 3.16. The van der Waals surface area contributed by atoms with Gasteiger partial charge in [-0.25, -0.2) is 0 Å². The highest BCUT2D eigenvalue weighted by Gasteiger charge is 2.21. The Morgan fingerprint density at radius 1 is 1.44 bits per heavy atom. The van der Waals surface area contributed by atoms with Gasteiger partial charge in [-0.15, -0.1) is 5.10 Å². The third-order valence-electron chi connectivity index (χ3n) is 3.32. The molecule has 0 saturated carbocycles. The number of hydrogen-bond acceptors (Lipinski definition) is 5. The summed E-state index contributed by atoms with van der Waals surface area (Å²) in [5.74, 6) is 1.11. The Bertz CT molecular complexity index is 397. The van der Waals surface area contributed by atoms with E-state index in [0.717, 1.165) is 38.2 Å². The molecule has 2 heterocycles. The Morgan fingerprint density at radius 2 is 2.17 bits per heavy atom. The van der Waals surface area contributed by atoms with Gasteiger partial charge in [0.2, 0.25) is 5.88 Å². The summed E-state index contributed by atoms with van der Waals surface area (Å²) in [5.41, 5.74) is 6.47. The Hall–Kier alpha value is -1.69. The fourth-order valence-corrected chi connectivity index (χ4v) is 2.17. The van der Waals surface area contributed by atoms with Crippen LogP contribution in [0.15, 0.2) is 12.1 Å². The fourth-order valence-electron chi connectivity index (χ4n) is 2.17. The summed E-state index contributed by atoms with van der Waals surface area (Å²) in [5, 5.41) is 15.5. The van der Waals surface area contributed by atoms with E-state index in [9.17, 15) is 0 Å². The van der Waals surface area contributed by atoms with Gasteiger partial charge in [-0.1, -0.05) is 0 Å². The lowest BCUT2D eigenvalue weighted by Crippen LogP contribution is -2.38. The molecule has 0 aliphatic carbocycles. The van der Waals surface area contributed by atoms with Gasteiger partial charge in [-0.3, -0.25) is 10.3 Å². The third-order valence-corrected chi connectivity index (χ3v) is 3.32. The second-order valence-corrected chi connectivity index (χ2v) is 4.57. The van der Waals surface area contributed by atoms with Crippen molar-refractivity contribution in [2.24, 2.45) is 11.7 Å². The van der Waals surface area contributed by atoms with Gasteiger partial charge < -0.3 is 10.5 Å². The second kappa shape index (κ2) is 5.77. The van der Waals surface area contributed by atoms with Gasteiger partial charge in [0.05, 0.1) is 18.6 Å². The predicted molar refractivity (Wildman–Crippen MR) is 68.5 cm³/mol. The maximum atomic E-state index is 7.44. The molecular formula is C12H19N5O. The number of aromatic nitrogens is 2. The SMILES string of the molecule is COc1ccc(CN2CCC(C(=N)N)CC2)nn1. The van der Waals surface area contributed by atoms with E-state index in [1.54, 1.807) is 7.11 Å². The van der Waals surface area contributed by atoms with Crippen LogP contribution in [0.1, 0.15) is 18.5 Å². The van der Waals surface area contributed by atoms with Crippen molar-refractivity contribution in [2.45, 2.75) is 19.4 Å². The van der Waals surface area contributed by atoms with Crippen LogP contribution in [-0.2, 0) is 6.54 Å². The van der Waals surface area contributed by atoms with Crippen molar-refractivity contribution >= 4 is 5.84 Å². The number of ether oxygens (including phenoxy) is 1. The summed E-state index contributed by atoms with van der Waals surface area (Å²) in [6.45, 7) is 2.71. The molecule has 1 aliphatic rings. The molecule has 18 heavy (non-hydrogen) atoms. The van der Waals surface area contributed by atoms with Crippen LogP contribution in [-0.4, -0.2) is 41.1 Å². The molecule has 0 bridgehead atoms. The molecule has 6 nitrogen and oxygen atoms in total. The van der Waals surface area contributed by atoms with Gasteiger partial charge in [0.15, 0.2) is 0 Å². The maximum absolute atomic E-state index is 7.44. The predicted octanol–water partition coefficient (Wildman–Crippen LogP) is 0.633. The lowest BCUT2D eigenvalue weighted by molar-refractivity contribution is 0.198.